The molecule has 11 heteroatoms. The number of aryl methyl sites for hydroxylation is 1. The molecule has 11 nitrogen and oxygen atoms in total. The van der Waals surface area contributed by atoms with E-state index in [1.807, 2.05) is 55.1 Å². The summed E-state index contributed by atoms with van der Waals surface area (Å²) in [7, 11) is 6.35. The fourth-order valence-electron chi connectivity index (χ4n) is 6.85. The third-order valence-electron chi connectivity index (χ3n) is 9.73. The number of carbonyl (C=O) groups excluding carboxylic acids is 2. The molecule has 0 spiro atoms. The normalized spacial score (nSPS) is 16.7. The van der Waals surface area contributed by atoms with Gasteiger partial charge in [-0.15, -0.1) is 0 Å². The number of rotatable bonds is 11. The van der Waals surface area contributed by atoms with Gasteiger partial charge in [0.25, 0.3) is 0 Å². The van der Waals surface area contributed by atoms with Crippen molar-refractivity contribution in [2.24, 2.45) is 5.92 Å². The Kier molecular flexibility index (Phi) is 11.2. The molecule has 1 heterocycles. The van der Waals surface area contributed by atoms with Crippen molar-refractivity contribution < 1.29 is 28.5 Å². The van der Waals surface area contributed by atoms with Gasteiger partial charge in [0.1, 0.15) is 11.8 Å². The van der Waals surface area contributed by atoms with Crippen molar-refractivity contribution in [2.45, 2.75) is 52.1 Å². The van der Waals surface area contributed by atoms with Crippen molar-refractivity contribution in [3.63, 3.8) is 0 Å². The van der Waals surface area contributed by atoms with E-state index in [0.717, 1.165) is 34.5 Å². The number of benzene rings is 2. The van der Waals surface area contributed by atoms with Crippen LogP contribution in [0, 0.1) is 5.92 Å². The second-order valence-electron chi connectivity index (χ2n) is 12.6. The topological polar surface area (TPSA) is 119 Å². The number of anilines is 2. The Morgan fingerprint density at radius 2 is 1.59 bits per heavy atom. The number of ether oxygens (including phenoxy) is 4. The number of hydrogen-bond acceptors (Lipinski definition) is 9. The molecule has 0 radical (unpaired) electrons. The predicted molar refractivity (Wildman–Crippen MR) is 191 cm³/mol. The van der Waals surface area contributed by atoms with Crippen molar-refractivity contribution in [3.8, 4) is 34.1 Å². The Morgan fingerprint density at radius 3 is 2.18 bits per heavy atom. The molecular weight excluding hydrogens is 624 g/mol. The van der Waals surface area contributed by atoms with Crippen LogP contribution in [0.25, 0.3) is 11.1 Å². The molecular formula is C38H48N4O7. The summed E-state index contributed by atoms with van der Waals surface area (Å²) in [5, 5.41) is 6.41. The summed E-state index contributed by atoms with van der Waals surface area (Å²) < 4.78 is 22.5. The predicted octanol–water partition coefficient (Wildman–Crippen LogP) is 5.05. The molecule has 1 fully saturated rings. The van der Waals surface area contributed by atoms with E-state index >= 15 is 0 Å². The molecule has 0 bridgehead atoms. The minimum atomic E-state index is -0.607. The first-order valence-corrected chi connectivity index (χ1v) is 16.9. The van der Waals surface area contributed by atoms with E-state index in [4.69, 9.17) is 18.9 Å². The quantitative estimate of drug-likeness (QED) is 0.289. The number of piperazine rings is 1. The first kappa shape index (κ1) is 35.4. The number of amides is 2. The van der Waals surface area contributed by atoms with Gasteiger partial charge in [-0.1, -0.05) is 26.3 Å². The minimum absolute atomic E-state index is 0.0313. The lowest BCUT2D eigenvalue weighted by molar-refractivity contribution is -0.133. The lowest BCUT2D eigenvalue weighted by Gasteiger charge is -2.38. The molecule has 262 valence electrons. The number of fused-ring (bicyclic) bond motifs is 3. The highest BCUT2D eigenvalue weighted by molar-refractivity contribution is 5.86. The molecule has 49 heavy (non-hydrogen) atoms. The first-order valence-electron chi connectivity index (χ1n) is 16.9. The molecule has 0 aromatic heterocycles. The SMILES string of the molecule is CCC(C)C(Nc1ccc2c(cc1=O)C(NC(C)=O)CCc1cc(OC)c(OC)c(OC)c1-2)C(=O)N1CCN(c2ccc(OC)cc2)CC1. The highest BCUT2D eigenvalue weighted by Gasteiger charge is 2.33. The summed E-state index contributed by atoms with van der Waals surface area (Å²) in [4.78, 5) is 44.6. The van der Waals surface area contributed by atoms with Gasteiger partial charge in [-0.05, 0) is 77.9 Å². The van der Waals surface area contributed by atoms with E-state index in [2.05, 4.69) is 15.5 Å². The molecule has 3 unspecified atom stereocenters. The van der Waals surface area contributed by atoms with E-state index in [-0.39, 0.29) is 23.2 Å². The maximum absolute atomic E-state index is 14.1. The monoisotopic (exact) mass is 672 g/mol. The molecule has 1 aliphatic heterocycles. The molecule has 2 amide bonds. The minimum Gasteiger partial charge on any atom is -0.497 e. The standard InChI is InChI=1S/C38H48N4O7/c1-8-23(2)35(38(45)42-19-17-41(18-20-42)26-10-12-27(46-4)13-11-26)40-31-16-14-28-29(22-32(31)44)30(39-24(3)43)15-9-25-21-33(47-5)36(48-6)37(49-7)34(25)28/h10-14,16,21-23,30,35H,8-9,15,17-20H2,1-7H3,(H,39,43)(H,40,44). The van der Waals surface area contributed by atoms with Gasteiger partial charge in [0.2, 0.25) is 23.0 Å². The molecule has 3 aromatic carbocycles. The average molecular weight is 673 g/mol. The van der Waals surface area contributed by atoms with Crippen molar-refractivity contribution in [1.82, 2.24) is 10.2 Å². The van der Waals surface area contributed by atoms with Gasteiger partial charge in [-0.2, -0.15) is 0 Å². The molecule has 0 saturated carbocycles. The molecule has 2 aliphatic rings. The summed E-state index contributed by atoms with van der Waals surface area (Å²) in [6.07, 6.45) is 1.90. The Labute approximate surface area is 288 Å². The van der Waals surface area contributed by atoms with E-state index in [0.29, 0.717) is 67.5 Å². The largest absolute Gasteiger partial charge is 0.497 e. The smallest absolute Gasteiger partial charge is 0.245 e. The number of nitrogens with zero attached hydrogens (tertiary/aromatic N) is 2. The molecule has 5 rings (SSSR count). The van der Waals surface area contributed by atoms with Crippen LogP contribution in [-0.4, -0.2) is 77.4 Å². The number of methoxy groups -OCH3 is 4. The van der Waals surface area contributed by atoms with Crippen LogP contribution in [0.1, 0.15) is 50.8 Å². The van der Waals surface area contributed by atoms with Crippen LogP contribution >= 0.6 is 0 Å². The summed E-state index contributed by atoms with van der Waals surface area (Å²) in [5.74, 6) is 1.99. The Balaban J connectivity index is 1.49. The zero-order valence-corrected chi connectivity index (χ0v) is 29.6. The third-order valence-corrected chi connectivity index (χ3v) is 9.73. The number of hydrogen-bond donors (Lipinski definition) is 2. The summed E-state index contributed by atoms with van der Waals surface area (Å²) >= 11 is 0. The summed E-state index contributed by atoms with van der Waals surface area (Å²) in [6, 6.07) is 14.0. The van der Waals surface area contributed by atoms with Gasteiger partial charge in [0.15, 0.2) is 11.5 Å². The van der Waals surface area contributed by atoms with E-state index in [9.17, 15) is 14.4 Å². The van der Waals surface area contributed by atoms with Crippen LogP contribution in [0.15, 0.2) is 53.3 Å². The fourth-order valence-corrected chi connectivity index (χ4v) is 6.85. The van der Waals surface area contributed by atoms with E-state index in [1.54, 1.807) is 40.6 Å². The number of nitrogens with one attached hydrogen (secondary N) is 2. The highest BCUT2D eigenvalue weighted by atomic mass is 16.5. The van der Waals surface area contributed by atoms with Crippen LogP contribution in [0.3, 0.4) is 0 Å². The van der Waals surface area contributed by atoms with Crippen LogP contribution in [-0.2, 0) is 16.0 Å². The maximum Gasteiger partial charge on any atom is 0.245 e. The Morgan fingerprint density at radius 1 is 0.898 bits per heavy atom. The summed E-state index contributed by atoms with van der Waals surface area (Å²) in [6.45, 7) is 8.08. The molecule has 3 aromatic rings. The maximum atomic E-state index is 14.1. The van der Waals surface area contributed by atoms with Crippen molar-refractivity contribution in [3.05, 3.63) is 69.9 Å². The van der Waals surface area contributed by atoms with Gasteiger partial charge in [-0.25, -0.2) is 0 Å². The zero-order valence-electron chi connectivity index (χ0n) is 29.6. The first-order chi connectivity index (χ1) is 23.6. The Hall–Kier alpha value is -4.93. The zero-order chi connectivity index (χ0) is 35.2. The van der Waals surface area contributed by atoms with Gasteiger partial charge in [0, 0.05) is 44.4 Å². The van der Waals surface area contributed by atoms with Gasteiger partial charge < -0.3 is 39.4 Å². The molecule has 1 saturated heterocycles. The van der Waals surface area contributed by atoms with Crippen LogP contribution in [0.2, 0.25) is 0 Å². The van der Waals surface area contributed by atoms with Crippen LogP contribution in [0.4, 0.5) is 11.4 Å². The van der Waals surface area contributed by atoms with Gasteiger partial charge >= 0.3 is 0 Å². The van der Waals surface area contributed by atoms with Crippen LogP contribution < -0.4 is 39.9 Å². The van der Waals surface area contributed by atoms with Gasteiger partial charge in [0.05, 0.1) is 40.2 Å². The van der Waals surface area contributed by atoms with E-state index < -0.39 is 12.1 Å². The van der Waals surface area contributed by atoms with Crippen molar-refractivity contribution >= 4 is 23.2 Å². The van der Waals surface area contributed by atoms with E-state index in [1.165, 1.54) is 6.92 Å². The average Bonchev–Trinajstić information content (AvgIpc) is 3.36. The fraction of sp³-hybridized carbons (Fsp3) is 0.447. The third kappa shape index (κ3) is 7.40. The second kappa shape index (κ2) is 15.5. The van der Waals surface area contributed by atoms with Crippen molar-refractivity contribution in [2.75, 3.05) is 64.8 Å². The highest BCUT2D eigenvalue weighted by Crippen LogP contribution is 2.50. The molecule has 2 N–H and O–H groups in total. The second-order valence-corrected chi connectivity index (χ2v) is 12.6. The molecule has 1 aliphatic carbocycles. The van der Waals surface area contributed by atoms with Crippen molar-refractivity contribution in [1.29, 1.82) is 0 Å². The lowest BCUT2D eigenvalue weighted by atomic mass is 9.95. The van der Waals surface area contributed by atoms with Crippen LogP contribution in [0.5, 0.6) is 23.0 Å². The van der Waals surface area contributed by atoms with Gasteiger partial charge in [-0.3, -0.25) is 14.4 Å². The lowest BCUT2D eigenvalue weighted by Crippen LogP contribution is -2.54. The molecule has 3 atom stereocenters. The Bertz CT molecular complexity index is 1720. The summed E-state index contributed by atoms with van der Waals surface area (Å²) in [5.41, 5.74) is 4.24. The number of carbonyl (C=O) groups is 2.